The number of aromatic nitrogens is 1. The van der Waals surface area contributed by atoms with Crippen LogP contribution >= 0.6 is 28.3 Å². The lowest BCUT2D eigenvalue weighted by molar-refractivity contribution is 0.423. The zero-order valence-corrected chi connectivity index (χ0v) is 20.8. The van der Waals surface area contributed by atoms with E-state index in [9.17, 15) is 5.11 Å². The molecule has 0 saturated carbocycles. The summed E-state index contributed by atoms with van der Waals surface area (Å²) in [6.45, 7) is 14.9. The molecule has 5 heteroatoms. The third-order valence-electron chi connectivity index (χ3n) is 4.82. The van der Waals surface area contributed by atoms with Crippen LogP contribution < -0.4 is 5.32 Å². The summed E-state index contributed by atoms with van der Waals surface area (Å²) < 4.78 is 0. The maximum Gasteiger partial charge on any atom is 0.187 e. The Hall–Kier alpha value is -1.85. The number of thiazole rings is 1. The van der Waals surface area contributed by atoms with Gasteiger partial charge in [-0.25, -0.2) is 4.98 Å². The van der Waals surface area contributed by atoms with Crippen LogP contribution in [0.5, 0.6) is 5.75 Å². The number of aromatic hydroxyl groups is 1. The molecule has 0 aliphatic heterocycles. The topological polar surface area (TPSA) is 45.2 Å². The monoisotopic (exact) mass is 474 g/mol. The van der Waals surface area contributed by atoms with Gasteiger partial charge in [0.25, 0.3) is 0 Å². The molecular weight excluding hydrogens is 444 g/mol. The summed E-state index contributed by atoms with van der Waals surface area (Å²) in [5.41, 5.74) is 4.66. The molecule has 0 radical (unpaired) electrons. The van der Waals surface area contributed by atoms with Crippen LogP contribution in [0.1, 0.15) is 57.5 Å². The summed E-state index contributed by atoms with van der Waals surface area (Å²) in [5.74, 6) is 0.402. The molecule has 0 aliphatic rings. The molecule has 1 aromatic heterocycles. The highest BCUT2D eigenvalue weighted by Crippen LogP contribution is 2.43. The number of anilines is 2. The van der Waals surface area contributed by atoms with Gasteiger partial charge in [0.1, 0.15) is 5.75 Å². The molecule has 0 unspecified atom stereocenters. The lowest BCUT2D eigenvalue weighted by atomic mass is 9.78. The second-order valence-corrected chi connectivity index (χ2v) is 10.5. The molecule has 0 aliphatic carbocycles. The Bertz CT molecular complexity index is 947. The second kappa shape index (κ2) is 8.49. The summed E-state index contributed by atoms with van der Waals surface area (Å²) in [7, 11) is 0. The number of para-hydroxylation sites is 1. The molecule has 1 heterocycles. The highest BCUT2D eigenvalue weighted by Gasteiger charge is 2.27. The molecule has 2 N–H and O–H groups in total. The number of phenols is 1. The average Bonchev–Trinajstić information content (AvgIpc) is 2.94. The van der Waals surface area contributed by atoms with E-state index >= 15 is 0 Å². The minimum Gasteiger partial charge on any atom is -0.507 e. The number of nitrogens with one attached hydrogen (secondary N) is 1. The Labute approximate surface area is 189 Å². The van der Waals surface area contributed by atoms with Gasteiger partial charge in [0.15, 0.2) is 5.13 Å². The fraction of sp³-hybridized carbons (Fsp3) is 0.375. The smallest absolute Gasteiger partial charge is 0.187 e. The molecule has 156 valence electrons. The minimum atomic E-state index is -0.158. The van der Waals surface area contributed by atoms with Gasteiger partial charge in [-0.3, -0.25) is 0 Å². The number of benzene rings is 2. The van der Waals surface area contributed by atoms with Crippen molar-refractivity contribution >= 4 is 39.1 Å². The predicted octanol–water partition coefficient (Wildman–Crippen LogP) is 7.74. The van der Waals surface area contributed by atoms with Crippen LogP contribution in [0.2, 0.25) is 0 Å². The van der Waals surface area contributed by atoms with E-state index in [0.717, 1.165) is 38.1 Å². The number of phenolic OH excluding ortho intramolecular Hbond substituents is 1. The summed E-state index contributed by atoms with van der Waals surface area (Å²) in [6.07, 6.45) is 0. The molecule has 2 aromatic carbocycles. The first-order valence-corrected chi connectivity index (χ1v) is 10.5. The Balaban J connectivity index is 0.00000300. The Morgan fingerprint density at radius 1 is 0.897 bits per heavy atom. The van der Waals surface area contributed by atoms with E-state index in [4.69, 9.17) is 4.98 Å². The van der Waals surface area contributed by atoms with Crippen LogP contribution in [0, 0.1) is 6.92 Å². The SMILES string of the molecule is Br.Cc1sc(Nc2ccccc2)nc1-c1cc(C(C)(C)C)c(O)c(C(C)(C)C)c1. The first-order chi connectivity index (χ1) is 13.0. The summed E-state index contributed by atoms with van der Waals surface area (Å²) in [6, 6.07) is 14.3. The lowest BCUT2D eigenvalue weighted by Crippen LogP contribution is -2.17. The van der Waals surface area contributed by atoms with E-state index < -0.39 is 0 Å². The third kappa shape index (κ3) is 5.20. The van der Waals surface area contributed by atoms with Gasteiger partial charge in [0.2, 0.25) is 0 Å². The number of rotatable bonds is 3. The second-order valence-electron chi connectivity index (χ2n) is 9.33. The van der Waals surface area contributed by atoms with Crippen molar-refractivity contribution in [2.45, 2.75) is 59.3 Å². The lowest BCUT2D eigenvalue weighted by Gasteiger charge is -2.28. The first kappa shape index (κ1) is 23.4. The maximum absolute atomic E-state index is 11.0. The molecule has 0 fully saturated rings. The molecule has 0 amide bonds. The summed E-state index contributed by atoms with van der Waals surface area (Å²) >= 11 is 1.65. The van der Waals surface area contributed by atoms with Crippen molar-refractivity contribution in [3.63, 3.8) is 0 Å². The van der Waals surface area contributed by atoms with Gasteiger partial charge >= 0.3 is 0 Å². The van der Waals surface area contributed by atoms with Gasteiger partial charge in [0.05, 0.1) is 5.69 Å². The van der Waals surface area contributed by atoms with E-state index in [1.807, 2.05) is 30.3 Å². The molecule has 3 aromatic rings. The van der Waals surface area contributed by atoms with E-state index in [-0.39, 0.29) is 27.8 Å². The largest absolute Gasteiger partial charge is 0.507 e. The molecular formula is C24H31BrN2OS. The van der Waals surface area contributed by atoms with Crippen molar-refractivity contribution in [3.05, 3.63) is 58.5 Å². The highest BCUT2D eigenvalue weighted by molar-refractivity contribution is 8.93. The molecule has 29 heavy (non-hydrogen) atoms. The number of aryl methyl sites for hydroxylation is 1. The van der Waals surface area contributed by atoms with Crippen LogP contribution in [0.3, 0.4) is 0 Å². The molecule has 0 saturated heterocycles. The van der Waals surface area contributed by atoms with Crippen LogP contribution in [-0.4, -0.2) is 10.1 Å². The van der Waals surface area contributed by atoms with Crippen LogP contribution in [0.15, 0.2) is 42.5 Å². The van der Waals surface area contributed by atoms with E-state index in [2.05, 4.69) is 65.9 Å². The highest BCUT2D eigenvalue weighted by atomic mass is 79.9. The van der Waals surface area contributed by atoms with Crippen LogP contribution in [-0.2, 0) is 10.8 Å². The first-order valence-electron chi connectivity index (χ1n) is 9.64. The van der Waals surface area contributed by atoms with E-state index in [0.29, 0.717) is 5.75 Å². The summed E-state index contributed by atoms with van der Waals surface area (Å²) in [4.78, 5) is 6.03. The van der Waals surface area contributed by atoms with Crippen molar-refractivity contribution in [1.82, 2.24) is 4.98 Å². The van der Waals surface area contributed by atoms with Crippen molar-refractivity contribution in [2.75, 3.05) is 5.32 Å². The third-order valence-corrected chi connectivity index (χ3v) is 5.71. The van der Waals surface area contributed by atoms with Crippen molar-refractivity contribution in [2.24, 2.45) is 0 Å². The van der Waals surface area contributed by atoms with Gasteiger partial charge in [0, 0.05) is 27.3 Å². The van der Waals surface area contributed by atoms with E-state index in [1.54, 1.807) is 11.3 Å². The van der Waals surface area contributed by atoms with Gasteiger partial charge in [-0.1, -0.05) is 59.7 Å². The fourth-order valence-electron chi connectivity index (χ4n) is 3.28. The maximum atomic E-state index is 11.0. The molecule has 3 nitrogen and oxygen atoms in total. The predicted molar refractivity (Wildman–Crippen MR) is 131 cm³/mol. The standard InChI is InChI=1S/C24H30N2OS.BrH/c1-15-20(26-22(28-15)25-17-11-9-8-10-12-17)16-13-18(23(2,3)4)21(27)19(14-16)24(5,6)7;/h8-14,27H,1-7H3,(H,25,26);1H. The summed E-state index contributed by atoms with van der Waals surface area (Å²) in [5, 5.41) is 15.2. The van der Waals surface area contributed by atoms with E-state index in [1.165, 1.54) is 0 Å². The zero-order chi connectivity index (χ0) is 20.7. The van der Waals surface area contributed by atoms with Crippen molar-refractivity contribution < 1.29 is 5.11 Å². The van der Waals surface area contributed by atoms with Crippen molar-refractivity contribution in [3.8, 4) is 17.0 Å². The Kier molecular flexibility index (Phi) is 6.86. The molecule has 0 atom stereocenters. The van der Waals surface area contributed by atoms with Gasteiger partial charge in [-0.05, 0) is 42.0 Å². The number of halogens is 1. The van der Waals surface area contributed by atoms with Gasteiger partial charge in [-0.2, -0.15) is 0 Å². The molecule has 0 bridgehead atoms. The number of hydrogen-bond donors (Lipinski definition) is 2. The van der Waals surface area contributed by atoms with Gasteiger partial charge < -0.3 is 10.4 Å². The minimum absolute atomic E-state index is 0. The Morgan fingerprint density at radius 2 is 1.41 bits per heavy atom. The zero-order valence-electron chi connectivity index (χ0n) is 18.3. The number of hydrogen-bond acceptors (Lipinski definition) is 4. The average molecular weight is 475 g/mol. The van der Waals surface area contributed by atoms with Gasteiger partial charge in [-0.15, -0.1) is 28.3 Å². The normalized spacial score (nSPS) is 11.8. The fourth-order valence-corrected chi connectivity index (χ4v) is 4.13. The number of nitrogens with zero attached hydrogens (tertiary/aromatic N) is 1. The molecule has 0 spiro atoms. The van der Waals surface area contributed by atoms with Crippen LogP contribution in [0.4, 0.5) is 10.8 Å². The van der Waals surface area contributed by atoms with Crippen LogP contribution in [0.25, 0.3) is 11.3 Å². The quantitative estimate of drug-likeness (QED) is 0.407. The molecule has 3 rings (SSSR count). The van der Waals surface area contributed by atoms with Crippen molar-refractivity contribution in [1.29, 1.82) is 0 Å². The Morgan fingerprint density at radius 3 is 1.90 bits per heavy atom.